The fraction of sp³-hybridized carbons (Fsp3) is 0.278. The normalized spacial score (nSPS) is 10.3. The molecule has 0 bridgehead atoms. The first-order chi connectivity index (χ1) is 11.0. The highest BCUT2D eigenvalue weighted by Gasteiger charge is 2.10. The molecule has 23 heavy (non-hydrogen) atoms. The molecule has 2 aromatic rings. The highest BCUT2D eigenvalue weighted by atomic mass is 16.5. The average Bonchev–Trinajstić information content (AvgIpc) is 2.56. The second kappa shape index (κ2) is 7.65. The lowest BCUT2D eigenvalue weighted by molar-refractivity contribution is 0.0953. The molecule has 2 aromatic carbocycles. The zero-order valence-electron chi connectivity index (χ0n) is 13.7. The Bertz CT molecular complexity index is 699. The number of aryl methyl sites for hydroxylation is 2. The Balaban J connectivity index is 2.21. The molecule has 0 saturated carbocycles. The monoisotopic (exact) mass is 314 g/mol. The molecular weight excluding hydrogens is 292 g/mol. The Morgan fingerprint density at radius 3 is 2.52 bits per heavy atom. The number of hydrogen-bond donors (Lipinski definition) is 2. The lowest BCUT2D eigenvalue weighted by Gasteiger charge is -2.13. The van der Waals surface area contributed by atoms with Crippen LogP contribution in [0.1, 0.15) is 34.0 Å². The summed E-state index contributed by atoms with van der Waals surface area (Å²) >= 11 is 0. The van der Waals surface area contributed by atoms with Gasteiger partial charge in [0.05, 0.1) is 6.61 Å². The number of nitrogens with two attached hydrogens (primary N) is 1. The van der Waals surface area contributed by atoms with Gasteiger partial charge in [-0.25, -0.2) is 5.84 Å². The van der Waals surface area contributed by atoms with Gasteiger partial charge in [-0.3, -0.25) is 10.2 Å². The van der Waals surface area contributed by atoms with Gasteiger partial charge in [-0.15, -0.1) is 0 Å². The minimum atomic E-state index is -0.347. The molecule has 0 radical (unpaired) electrons. The smallest absolute Gasteiger partial charge is 0.265 e. The molecule has 5 nitrogen and oxygen atoms in total. The first kappa shape index (κ1) is 16.8. The fourth-order valence-corrected chi connectivity index (χ4v) is 2.18. The minimum absolute atomic E-state index is 0.309. The number of carbonyl (C=O) groups is 1. The number of benzene rings is 2. The van der Waals surface area contributed by atoms with Crippen molar-refractivity contribution in [1.82, 2.24) is 5.43 Å². The van der Waals surface area contributed by atoms with Crippen LogP contribution < -0.4 is 20.7 Å². The Kier molecular flexibility index (Phi) is 5.60. The first-order valence-corrected chi connectivity index (χ1v) is 7.52. The van der Waals surface area contributed by atoms with Crippen LogP contribution >= 0.6 is 0 Å². The van der Waals surface area contributed by atoms with E-state index in [2.05, 4.69) is 12.3 Å². The molecule has 122 valence electrons. The summed E-state index contributed by atoms with van der Waals surface area (Å²) in [5.41, 5.74) is 5.78. The molecule has 1 amide bonds. The predicted octanol–water partition coefficient (Wildman–Crippen LogP) is 2.88. The van der Waals surface area contributed by atoms with Gasteiger partial charge < -0.3 is 9.47 Å². The molecule has 3 N–H and O–H groups in total. The Morgan fingerprint density at radius 1 is 1.09 bits per heavy atom. The van der Waals surface area contributed by atoms with Crippen LogP contribution in [0.3, 0.4) is 0 Å². The van der Waals surface area contributed by atoms with Crippen molar-refractivity contribution in [2.24, 2.45) is 5.84 Å². The summed E-state index contributed by atoms with van der Waals surface area (Å²) in [5.74, 6) is 6.32. The third-order valence-corrected chi connectivity index (χ3v) is 3.63. The summed E-state index contributed by atoms with van der Waals surface area (Å²) < 4.78 is 11.4. The largest absolute Gasteiger partial charge is 0.493 e. The van der Waals surface area contributed by atoms with Crippen LogP contribution in [0.25, 0.3) is 0 Å². The molecule has 0 heterocycles. The van der Waals surface area contributed by atoms with Crippen LogP contribution in [0.5, 0.6) is 11.5 Å². The lowest BCUT2D eigenvalue weighted by atomic mass is 10.1. The van der Waals surface area contributed by atoms with E-state index in [1.807, 2.05) is 32.0 Å². The molecule has 0 atom stereocenters. The average molecular weight is 314 g/mol. The van der Waals surface area contributed by atoms with Crippen molar-refractivity contribution in [2.75, 3.05) is 6.61 Å². The van der Waals surface area contributed by atoms with E-state index < -0.39 is 0 Å². The van der Waals surface area contributed by atoms with Crippen molar-refractivity contribution in [2.45, 2.75) is 27.4 Å². The molecule has 0 aliphatic heterocycles. The second-order valence-electron chi connectivity index (χ2n) is 5.26. The SMILES string of the molecule is CCOc1ccc(C(=O)NN)cc1COc1ccc(C)c(C)c1. The number of rotatable bonds is 6. The number of hydrogen-bond acceptors (Lipinski definition) is 4. The summed E-state index contributed by atoms with van der Waals surface area (Å²) in [4.78, 5) is 11.7. The maximum absolute atomic E-state index is 11.7. The van der Waals surface area contributed by atoms with Gasteiger partial charge in [-0.05, 0) is 62.2 Å². The summed E-state index contributed by atoms with van der Waals surface area (Å²) in [6, 6.07) is 11.1. The topological polar surface area (TPSA) is 73.6 Å². The highest BCUT2D eigenvalue weighted by Crippen LogP contribution is 2.24. The third-order valence-electron chi connectivity index (χ3n) is 3.63. The standard InChI is InChI=1S/C18H22N2O3/c1-4-22-17-8-6-14(18(21)20-19)10-15(17)11-23-16-7-5-12(2)13(3)9-16/h5-10H,4,11,19H2,1-3H3,(H,20,21). The highest BCUT2D eigenvalue weighted by molar-refractivity contribution is 5.94. The Labute approximate surface area is 136 Å². The lowest BCUT2D eigenvalue weighted by Crippen LogP contribution is -2.30. The molecule has 2 rings (SSSR count). The van der Waals surface area contributed by atoms with Crippen LogP contribution in [0.4, 0.5) is 0 Å². The molecule has 0 aromatic heterocycles. The van der Waals surface area contributed by atoms with Gasteiger partial charge in [0.1, 0.15) is 18.1 Å². The number of amides is 1. The predicted molar refractivity (Wildman–Crippen MR) is 89.5 cm³/mol. The minimum Gasteiger partial charge on any atom is -0.493 e. The second-order valence-corrected chi connectivity index (χ2v) is 5.26. The Hall–Kier alpha value is -2.53. The van der Waals surface area contributed by atoms with Gasteiger partial charge in [0.25, 0.3) is 5.91 Å². The van der Waals surface area contributed by atoms with Crippen LogP contribution in [-0.2, 0) is 6.61 Å². The van der Waals surface area contributed by atoms with Crippen molar-refractivity contribution in [1.29, 1.82) is 0 Å². The van der Waals surface area contributed by atoms with Crippen molar-refractivity contribution >= 4 is 5.91 Å². The quantitative estimate of drug-likeness (QED) is 0.488. The molecule has 0 unspecified atom stereocenters. The number of nitrogen functional groups attached to an aromatic ring is 1. The summed E-state index contributed by atoms with van der Waals surface area (Å²) in [6.07, 6.45) is 0. The van der Waals surface area contributed by atoms with Gasteiger partial charge in [0.2, 0.25) is 0 Å². The van der Waals surface area contributed by atoms with E-state index in [4.69, 9.17) is 15.3 Å². The van der Waals surface area contributed by atoms with Gasteiger partial charge in [-0.2, -0.15) is 0 Å². The van der Waals surface area contributed by atoms with Crippen molar-refractivity contribution in [3.8, 4) is 11.5 Å². The van der Waals surface area contributed by atoms with Gasteiger partial charge >= 0.3 is 0 Å². The van der Waals surface area contributed by atoms with E-state index in [1.54, 1.807) is 18.2 Å². The van der Waals surface area contributed by atoms with E-state index in [-0.39, 0.29) is 5.91 Å². The molecule has 0 aliphatic carbocycles. The van der Waals surface area contributed by atoms with Crippen LogP contribution in [0, 0.1) is 13.8 Å². The number of hydrazine groups is 1. The number of nitrogens with one attached hydrogen (secondary N) is 1. The zero-order valence-corrected chi connectivity index (χ0v) is 13.7. The first-order valence-electron chi connectivity index (χ1n) is 7.52. The molecule has 0 aliphatic rings. The van der Waals surface area contributed by atoms with Gasteiger partial charge in [-0.1, -0.05) is 6.07 Å². The van der Waals surface area contributed by atoms with Crippen LogP contribution in [0.15, 0.2) is 36.4 Å². The van der Waals surface area contributed by atoms with E-state index in [9.17, 15) is 4.79 Å². The van der Waals surface area contributed by atoms with E-state index >= 15 is 0 Å². The third kappa shape index (κ3) is 4.23. The summed E-state index contributed by atoms with van der Waals surface area (Å²) in [5, 5.41) is 0. The van der Waals surface area contributed by atoms with E-state index in [1.165, 1.54) is 11.1 Å². The number of ether oxygens (including phenoxy) is 2. The van der Waals surface area contributed by atoms with Crippen molar-refractivity contribution in [3.63, 3.8) is 0 Å². The zero-order chi connectivity index (χ0) is 16.8. The number of carbonyl (C=O) groups excluding carboxylic acids is 1. The molecule has 5 heteroatoms. The summed E-state index contributed by atoms with van der Waals surface area (Å²) in [6.45, 7) is 6.86. The van der Waals surface area contributed by atoms with Gasteiger partial charge in [0, 0.05) is 11.1 Å². The van der Waals surface area contributed by atoms with E-state index in [0.717, 1.165) is 11.3 Å². The van der Waals surface area contributed by atoms with Crippen LogP contribution in [-0.4, -0.2) is 12.5 Å². The molecule has 0 spiro atoms. The molecule has 0 fully saturated rings. The maximum Gasteiger partial charge on any atom is 0.265 e. The molecular formula is C18H22N2O3. The summed E-state index contributed by atoms with van der Waals surface area (Å²) in [7, 11) is 0. The Morgan fingerprint density at radius 2 is 1.87 bits per heavy atom. The van der Waals surface area contributed by atoms with Crippen molar-refractivity contribution < 1.29 is 14.3 Å². The van der Waals surface area contributed by atoms with E-state index in [0.29, 0.717) is 24.5 Å². The van der Waals surface area contributed by atoms with Gasteiger partial charge in [0.15, 0.2) is 0 Å². The fourth-order valence-electron chi connectivity index (χ4n) is 2.18. The van der Waals surface area contributed by atoms with Crippen LogP contribution in [0.2, 0.25) is 0 Å². The van der Waals surface area contributed by atoms with Crippen molar-refractivity contribution in [3.05, 3.63) is 58.7 Å². The maximum atomic E-state index is 11.7. The molecule has 0 saturated heterocycles.